The average molecular weight is 414 g/mol. The number of carbonyl (C=O) groups is 1. The molecule has 0 aliphatic rings. The van der Waals surface area contributed by atoms with Gasteiger partial charge in [0.15, 0.2) is 11.5 Å². The molecule has 0 aliphatic carbocycles. The van der Waals surface area contributed by atoms with E-state index in [1.807, 2.05) is 35.7 Å². The van der Waals surface area contributed by atoms with Crippen molar-refractivity contribution in [2.75, 3.05) is 26.5 Å². The van der Waals surface area contributed by atoms with Crippen molar-refractivity contribution in [2.24, 2.45) is 0 Å². The molecule has 3 rings (SSSR count). The first-order chi connectivity index (χ1) is 14.0. The van der Waals surface area contributed by atoms with E-state index < -0.39 is 5.56 Å². The van der Waals surface area contributed by atoms with Crippen LogP contribution in [-0.2, 0) is 17.8 Å². The van der Waals surface area contributed by atoms with Crippen LogP contribution in [0.1, 0.15) is 5.56 Å². The molecule has 8 nitrogen and oxygen atoms in total. The molecule has 0 bridgehead atoms. The Morgan fingerprint density at radius 3 is 2.69 bits per heavy atom. The number of hydrogen-bond acceptors (Lipinski definition) is 7. The summed E-state index contributed by atoms with van der Waals surface area (Å²) in [4.78, 5) is 25.4. The maximum Gasteiger partial charge on any atom is 0.290 e. The second-order valence-electron chi connectivity index (χ2n) is 6.21. The summed E-state index contributed by atoms with van der Waals surface area (Å²) in [6, 6.07) is 10.9. The van der Waals surface area contributed by atoms with Gasteiger partial charge in [-0.15, -0.1) is 11.3 Å². The topological polar surface area (TPSA) is 108 Å². The fourth-order valence-corrected chi connectivity index (χ4v) is 3.47. The molecular weight excluding hydrogens is 392 g/mol. The zero-order valence-corrected chi connectivity index (χ0v) is 17.0. The molecule has 0 fully saturated rings. The van der Waals surface area contributed by atoms with Crippen LogP contribution in [0.15, 0.2) is 46.6 Å². The largest absolute Gasteiger partial charge is 0.493 e. The van der Waals surface area contributed by atoms with E-state index in [0.29, 0.717) is 30.2 Å². The summed E-state index contributed by atoms with van der Waals surface area (Å²) in [6.07, 6.45) is 0.603. The quantitative estimate of drug-likeness (QED) is 0.583. The molecule has 1 aromatic carbocycles. The molecule has 9 heteroatoms. The van der Waals surface area contributed by atoms with Gasteiger partial charge in [0.05, 0.1) is 19.1 Å². The number of nitrogens with zero attached hydrogens (tertiary/aromatic N) is 2. The van der Waals surface area contributed by atoms with Crippen LogP contribution >= 0.6 is 11.3 Å². The summed E-state index contributed by atoms with van der Waals surface area (Å²) in [6.45, 7) is 0.206. The SMILES string of the molecule is COc1ccc(CCNC(=O)Cn2nc(-c3cccs3)cc(N)c2=O)cc1OC. The zero-order chi connectivity index (χ0) is 20.8. The molecule has 1 amide bonds. The second kappa shape index (κ2) is 9.24. The summed E-state index contributed by atoms with van der Waals surface area (Å²) >= 11 is 1.48. The van der Waals surface area contributed by atoms with Crippen molar-refractivity contribution in [1.29, 1.82) is 0 Å². The lowest BCUT2D eigenvalue weighted by molar-refractivity contribution is -0.121. The van der Waals surface area contributed by atoms with Crippen LogP contribution in [-0.4, -0.2) is 36.5 Å². The molecule has 29 heavy (non-hydrogen) atoms. The molecule has 0 unspecified atom stereocenters. The Morgan fingerprint density at radius 1 is 1.21 bits per heavy atom. The van der Waals surface area contributed by atoms with Crippen LogP contribution in [0.2, 0.25) is 0 Å². The van der Waals surface area contributed by atoms with Gasteiger partial charge in [0, 0.05) is 6.54 Å². The Kier molecular flexibility index (Phi) is 6.50. The lowest BCUT2D eigenvalue weighted by Gasteiger charge is -2.11. The lowest BCUT2D eigenvalue weighted by atomic mass is 10.1. The van der Waals surface area contributed by atoms with Gasteiger partial charge in [0.2, 0.25) is 5.91 Å². The predicted octanol–water partition coefficient (Wildman–Crippen LogP) is 1.93. The highest BCUT2D eigenvalue weighted by Gasteiger charge is 2.12. The number of amides is 1. The normalized spacial score (nSPS) is 10.6. The van der Waals surface area contributed by atoms with Gasteiger partial charge in [-0.05, 0) is 41.6 Å². The molecule has 3 aromatic rings. The summed E-state index contributed by atoms with van der Waals surface area (Å²) in [5.74, 6) is 0.963. The standard InChI is InChI=1S/C20H22N4O4S/c1-27-16-6-5-13(10-17(16)28-2)7-8-22-19(25)12-24-20(26)14(21)11-15(23-24)18-4-3-9-29-18/h3-6,9-11H,7-8,12,21H2,1-2H3,(H,22,25). The van der Waals surface area contributed by atoms with E-state index in [1.165, 1.54) is 17.4 Å². The van der Waals surface area contributed by atoms with Crippen molar-refractivity contribution < 1.29 is 14.3 Å². The highest BCUT2D eigenvalue weighted by Crippen LogP contribution is 2.27. The number of methoxy groups -OCH3 is 2. The summed E-state index contributed by atoms with van der Waals surface area (Å²) in [5.41, 5.74) is 6.93. The number of nitrogens with two attached hydrogens (primary N) is 1. The van der Waals surface area contributed by atoms with Gasteiger partial charge in [0.1, 0.15) is 17.9 Å². The molecular formula is C20H22N4O4S. The highest BCUT2D eigenvalue weighted by molar-refractivity contribution is 7.13. The number of aromatic nitrogens is 2. The first-order valence-electron chi connectivity index (χ1n) is 8.91. The first-order valence-corrected chi connectivity index (χ1v) is 9.79. The third-order valence-corrected chi connectivity index (χ3v) is 5.15. The van der Waals surface area contributed by atoms with E-state index in [2.05, 4.69) is 10.4 Å². The lowest BCUT2D eigenvalue weighted by Crippen LogP contribution is -2.35. The maximum atomic E-state index is 12.3. The van der Waals surface area contributed by atoms with Crippen molar-refractivity contribution in [2.45, 2.75) is 13.0 Å². The number of carbonyl (C=O) groups excluding carboxylic acids is 1. The molecule has 0 saturated heterocycles. The fourth-order valence-electron chi connectivity index (χ4n) is 2.79. The monoisotopic (exact) mass is 414 g/mol. The smallest absolute Gasteiger partial charge is 0.290 e. The first kappa shape index (κ1) is 20.4. The van der Waals surface area contributed by atoms with Crippen molar-refractivity contribution >= 4 is 22.9 Å². The van der Waals surface area contributed by atoms with Gasteiger partial charge in [-0.25, -0.2) is 4.68 Å². The van der Waals surface area contributed by atoms with Gasteiger partial charge in [-0.1, -0.05) is 12.1 Å². The number of nitrogen functional groups attached to an aromatic ring is 1. The Labute approximate surface area is 171 Å². The van der Waals surface area contributed by atoms with Crippen molar-refractivity contribution in [3.8, 4) is 22.1 Å². The Morgan fingerprint density at radius 2 is 2.00 bits per heavy atom. The van der Waals surface area contributed by atoms with Crippen molar-refractivity contribution in [1.82, 2.24) is 15.1 Å². The molecule has 2 heterocycles. The molecule has 0 aliphatic heterocycles. The fraction of sp³-hybridized carbons (Fsp3) is 0.250. The third-order valence-electron chi connectivity index (χ3n) is 4.25. The van der Waals surface area contributed by atoms with Crippen LogP contribution in [0.4, 0.5) is 5.69 Å². The number of nitrogens with one attached hydrogen (secondary N) is 1. The van der Waals surface area contributed by atoms with Crippen LogP contribution in [0.5, 0.6) is 11.5 Å². The summed E-state index contributed by atoms with van der Waals surface area (Å²) in [7, 11) is 3.15. The second-order valence-corrected chi connectivity index (χ2v) is 7.16. The number of rotatable bonds is 8. The summed E-state index contributed by atoms with van der Waals surface area (Å²) in [5, 5.41) is 8.97. The van der Waals surface area contributed by atoms with Gasteiger partial charge >= 0.3 is 0 Å². The zero-order valence-electron chi connectivity index (χ0n) is 16.2. The number of ether oxygens (including phenoxy) is 2. The van der Waals surface area contributed by atoms with Crippen molar-refractivity contribution in [3.63, 3.8) is 0 Å². The number of thiophene rings is 1. The van der Waals surface area contributed by atoms with E-state index >= 15 is 0 Å². The predicted molar refractivity (Wildman–Crippen MR) is 112 cm³/mol. The molecule has 0 spiro atoms. The minimum atomic E-state index is -0.486. The van der Waals surface area contributed by atoms with Crippen LogP contribution in [0, 0.1) is 0 Å². The van der Waals surface area contributed by atoms with Gasteiger partial charge in [-0.2, -0.15) is 5.10 Å². The van der Waals surface area contributed by atoms with Gasteiger partial charge in [0.25, 0.3) is 5.56 Å². The molecule has 0 radical (unpaired) electrons. The van der Waals surface area contributed by atoms with Gasteiger partial charge < -0.3 is 20.5 Å². The van der Waals surface area contributed by atoms with E-state index in [4.69, 9.17) is 15.2 Å². The molecule has 2 aromatic heterocycles. The van der Waals surface area contributed by atoms with E-state index in [-0.39, 0.29) is 18.1 Å². The van der Waals surface area contributed by atoms with Crippen LogP contribution in [0.3, 0.4) is 0 Å². The number of anilines is 1. The Bertz CT molecular complexity index is 1050. The molecule has 152 valence electrons. The van der Waals surface area contributed by atoms with Crippen LogP contribution < -0.4 is 26.1 Å². The minimum Gasteiger partial charge on any atom is -0.493 e. The highest BCUT2D eigenvalue weighted by atomic mass is 32.1. The molecule has 0 saturated carbocycles. The Hall–Kier alpha value is -3.33. The third kappa shape index (κ3) is 4.94. The Balaban J connectivity index is 1.62. The summed E-state index contributed by atoms with van der Waals surface area (Å²) < 4.78 is 11.6. The number of hydrogen-bond donors (Lipinski definition) is 2. The molecule has 0 atom stereocenters. The van der Waals surface area contributed by atoms with E-state index in [0.717, 1.165) is 15.1 Å². The molecule has 3 N–H and O–H groups in total. The minimum absolute atomic E-state index is 0.0570. The van der Waals surface area contributed by atoms with Crippen LogP contribution in [0.25, 0.3) is 10.6 Å². The van der Waals surface area contributed by atoms with E-state index in [1.54, 1.807) is 14.2 Å². The van der Waals surface area contributed by atoms with E-state index in [9.17, 15) is 9.59 Å². The number of benzene rings is 1. The van der Waals surface area contributed by atoms with Crippen molar-refractivity contribution in [3.05, 3.63) is 57.7 Å². The maximum absolute atomic E-state index is 12.3. The van der Waals surface area contributed by atoms with Gasteiger partial charge in [-0.3, -0.25) is 9.59 Å². The average Bonchev–Trinajstić information content (AvgIpc) is 3.26.